The summed E-state index contributed by atoms with van der Waals surface area (Å²) in [6, 6.07) is 14.5. The van der Waals surface area contributed by atoms with Crippen molar-refractivity contribution in [3.05, 3.63) is 77.4 Å². The smallest absolute Gasteiger partial charge is 0.0830 e. The van der Waals surface area contributed by atoms with Gasteiger partial charge in [0.1, 0.15) is 0 Å². The Morgan fingerprint density at radius 1 is 1.00 bits per heavy atom. The quantitative estimate of drug-likeness (QED) is 0.721. The van der Waals surface area contributed by atoms with Gasteiger partial charge in [-0.3, -0.25) is 4.98 Å². The lowest BCUT2D eigenvalue weighted by Gasteiger charge is -2.00. The predicted octanol–water partition coefficient (Wildman–Crippen LogP) is 2.82. The maximum Gasteiger partial charge on any atom is 0.0830 e. The Morgan fingerprint density at radius 2 is 1.86 bits per heavy atom. The number of hydrogen-bond donors (Lipinski definition) is 0. The Morgan fingerprint density at radius 3 is 2.67 bits per heavy atom. The summed E-state index contributed by atoms with van der Waals surface area (Å²) in [5.41, 5.74) is 4.61. The third kappa shape index (κ3) is 3.75. The van der Waals surface area contributed by atoms with Crippen LogP contribution in [0.3, 0.4) is 0 Å². The fraction of sp³-hybridized carbons (Fsp3) is 0.235. The van der Waals surface area contributed by atoms with E-state index >= 15 is 0 Å². The summed E-state index contributed by atoms with van der Waals surface area (Å²) >= 11 is 0. The summed E-state index contributed by atoms with van der Waals surface area (Å²) in [6.45, 7) is 2.78. The molecule has 2 heterocycles. The second-order valence-corrected chi connectivity index (χ2v) is 5.20. The first-order chi connectivity index (χ1) is 10.3. The van der Waals surface area contributed by atoms with Crippen LogP contribution >= 0.6 is 0 Å². The maximum atomic E-state index is 4.25. The normalized spacial score (nSPS) is 10.7. The Kier molecular flexibility index (Phi) is 4.05. The van der Waals surface area contributed by atoms with Gasteiger partial charge in [-0.1, -0.05) is 35.5 Å². The standard InChI is InChI=1S/C17H18N4/c1-14-11-15(9-10-18-14)7-8-17-13-21(20-19-17)12-16-5-3-2-4-6-16/h2-6,9-11,13H,7-8,12H2,1H3. The third-order valence-electron chi connectivity index (χ3n) is 3.40. The zero-order chi connectivity index (χ0) is 14.5. The first-order valence-corrected chi connectivity index (χ1v) is 7.14. The molecule has 0 aliphatic rings. The molecule has 106 valence electrons. The van der Waals surface area contributed by atoms with Gasteiger partial charge in [0.05, 0.1) is 12.2 Å². The van der Waals surface area contributed by atoms with Crippen LogP contribution in [0, 0.1) is 6.92 Å². The Labute approximate surface area is 124 Å². The van der Waals surface area contributed by atoms with E-state index in [4.69, 9.17) is 0 Å². The fourth-order valence-corrected chi connectivity index (χ4v) is 2.33. The molecular weight excluding hydrogens is 260 g/mol. The minimum Gasteiger partial charge on any atom is -0.262 e. The first-order valence-electron chi connectivity index (χ1n) is 7.14. The highest BCUT2D eigenvalue weighted by Crippen LogP contribution is 2.07. The Bertz CT molecular complexity index is 704. The van der Waals surface area contributed by atoms with Crippen molar-refractivity contribution in [2.24, 2.45) is 0 Å². The van der Waals surface area contributed by atoms with Crippen molar-refractivity contribution in [1.29, 1.82) is 0 Å². The van der Waals surface area contributed by atoms with Gasteiger partial charge in [-0.05, 0) is 43.0 Å². The van der Waals surface area contributed by atoms with Gasteiger partial charge >= 0.3 is 0 Å². The lowest BCUT2D eigenvalue weighted by molar-refractivity contribution is 0.649. The number of benzene rings is 1. The van der Waals surface area contributed by atoms with Gasteiger partial charge in [-0.25, -0.2) is 4.68 Å². The average Bonchev–Trinajstić information content (AvgIpc) is 2.94. The summed E-state index contributed by atoms with van der Waals surface area (Å²) < 4.78 is 1.89. The molecule has 0 aliphatic carbocycles. The molecule has 0 spiro atoms. The van der Waals surface area contributed by atoms with E-state index in [1.54, 1.807) is 0 Å². The Balaban J connectivity index is 1.60. The van der Waals surface area contributed by atoms with Crippen LogP contribution in [0.25, 0.3) is 0 Å². The molecule has 1 aromatic carbocycles. The number of rotatable bonds is 5. The van der Waals surface area contributed by atoms with Crippen molar-refractivity contribution in [3.63, 3.8) is 0 Å². The van der Waals surface area contributed by atoms with Crippen LogP contribution in [-0.2, 0) is 19.4 Å². The molecule has 0 aliphatic heterocycles. The first kappa shape index (κ1) is 13.5. The van der Waals surface area contributed by atoms with E-state index in [0.717, 1.165) is 30.8 Å². The van der Waals surface area contributed by atoms with Crippen molar-refractivity contribution in [2.75, 3.05) is 0 Å². The molecule has 3 aromatic rings. The van der Waals surface area contributed by atoms with Crippen molar-refractivity contribution in [2.45, 2.75) is 26.3 Å². The van der Waals surface area contributed by atoms with E-state index in [-0.39, 0.29) is 0 Å². The molecule has 0 N–H and O–H groups in total. The second-order valence-electron chi connectivity index (χ2n) is 5.20. The molecule has 2 aromatic heterocycles. The molecule has 21 heavy (non-hydrogen) atoms. The molecule has 3 rings (SSSR count). The number of hydrogen-bond acceptors (Lipinski definition) is 3. The molecule has 0 atom stereocenters. The summed E-state index contributed by atoms with van der Waals surface area (Å²) in [5, 5.41) is 8.44. The van der Waals surface area contributed by atoms with Crippen molar-refractivity contribution >= 4 is 0 Å². The zero-order valence-corrected chi connectivity index (χ0v) is 12.1. The molecule has 0 amide bonds. The van der Waals surface area contributed by atoms with E-state index in [0.29, 0.717) is 0 Å². The highest BCUT2D eigenvalue weighted by molar-refractivity contribution is 5.17. The van der Waals surface area contributed by atoms with Gasteiger partial charge in [-0.2, -0.15) is 0 Å². The minimum atomic E-state index is 0.766. The van der Waals surface area contributed by atoms with E-state index in [9.17, 15) is 0 Å². The highest BCUT2D eigenvalue weighted by atomic mass is 15.4. The second kappa shape index (κ2) is 6.31. The van der Waals surface area contributed by atoms with E-state index in [2.05, 4.69) is 39.6 Å². The fourth-order valence-electron chi connectivity index (χ4n) is 2.33. The van der Waals surface area contributed by atoms with Crippen molar-refractivity contribution in [3.8, 4) is 0 Å². The van der Waals surface area contributed by atoms with Gasteiger partial charge in [0, 0.05) is 18.1 Å². The van der Waals surface area contributed by atoms with Crippen LogP contribution in [0.2, 0.25) is 0 Å². The van der Waals surface area contributed by atoms with Crippen molar-refractivity contribution < 1.29 is 0 Å². The SMILES string of the molecule is Cc1cc(CCc2cn(Cc3ccccc3)nn2)ccn1. The summed E-state index contributed by atoms with van der Waals surface area (Å²) in [6.07, 6.45) is 5.75. The molecule has 0 saturated carbocycles. The summed E-state index contributed by atoms with van der Waals surface area (Å²) in [5.74, 6) is 0. The third-order valence-corrected chi connectivity index (χ3v) is 3.40. The molecule has 0 radical (unpaired) electrons. The minimum absolute atomic E-state index is 0.766. The number of aryl methyl sites for hydroxylation is 3. The van der Waals surface area contributed by atoms with Crippen LogP contribution in [0.1, 0.15) is 22.5 Å². The maximum absolute atomic E-state index is 4.25. The molecule has 0 bridgehead atoms. The zero-order valence-electron chi connectivity index (χ0n) is 12.1. The Hall–Kier alpha value is -2.49. The predicted molar refractivity (Wildman–Crippen MR) is 81.9 cm³/mol. The van der Waals surface area contributed by atoms with Gasteiger partial charge in [0.2, 0.25) is 0 Å². The molecule has 4 heteroatoms. The molecule has 0 fully saturated rings. The van der Waals surface area contributed by atoms with Crippen LogP contribution in [0.4, 0.5) is 0 Å². The van der Waals surface area contributed by atoms with Gasteiger partial charge in [0.25, 0.3) is 0 Å². The molecule has 0 saturated heterocycles. The van der Waals surface area contributed by atoms with Crippen LogP contribution in [-0.4, -0.2) is 20.0 Å². The van der Waals surface area contributed by atoms with Gasteiger partial charge < -0.3 is 0 Å². The molecule has 4 nitrogen and oxygen atoms in total. The number of aromatic nitrogens is 4. The van der Waals surface area contributed by atoms with E-state index < -0.39 is 0 Å². The van der Waals surface area contributed by atoms with Crippen LogP contribution in [0.5, 0.6) is 0 Å². The topological polar surface area (TPSA) is 43.6 Å². The molecule has 0 unspecified atom stereocenters. The monoisotopic (exact) mass is 278 g/mol. The van der Waals surface area contributed by atoms with E-state index in [1.807, 2.05) is 42.2 Å². The highest BCUT2D eigenvalue weighted by Gasteiger charge is 2.03. The lowest BCUT2D eigenvalue weighted by atomic mass is 10.1. The average molecular weight is 278 g/mol. The number of pyridine rings is 1. The van der Waals surface area contributed by atoms with Crippen LogP contribution < -0.4 is 0 Å². The van der Waals surface area contributed by atoms with Gasteiger partial charge in [0.15, 0.2) is 0 Å². The summed E-state index contributed by atoms with van der Waals surface area (Å²) in [4.78, 5) is 4.21. The van der Waals surface area contributed by atoms with E-state index in [1.165, 1.54) is 11.1 Å². The molecular formula is C17H18N4. The summed E-state index contributed by atoms with van der Waals surface area (Å²) in [7, 11) is 0. The van der Waals surface area contributed by atoms with Crippen molar-refractivity contribution in [1.82, 2.24) is 20.0 Å². The van der Waals surface area contributed by atoms with Gasteiger partial charge in [-0.15, -0.1) is 5.10 Å². The largest absolute Gasteiger partial charge is 0.262 e. The van der Waals surface area contributed by atoms with Crippen LogP contribution in [0.15, 0.2) is 54.9 Å². The number of nitrogens with zero attached hydrogens (tertiary/aromatic N) is 4. The lowest BCUT2D eigenvalue weighted by Crippen LogP contribution is -1.99.